The maximum Gasteiger partial charge on any atom is 0.152 e. The van der Waals surface area contributed by atoms with Crippen molar-refractivity contribution in [2.45, 2.75) is 38.9 Å². The van der Waals surface area contributed by atoms with Crippen LogP contribution in [0, 0.1) is 0 Å². The Kier molecular flexibility index (Phi) is 3.64. The Morgan fingerprint density at radius 2 is 2.30 bits per heavy atom. The first-order chi connectivity index (χ1) is 9.78. The maximum atomic E-state index is 6.09. The summed E-state index contributed by atoms with van der Waals surface area (Å²) in [5, 5.41) is 8.12. The molecule has 6 heteroatoms. The number of nitrogens with zero attached hydrogens (tertiary/aromatic N) is 5. The molecule has 3 heterocycles. The van der Waals surface area contributed by atoms with Gasteiger partial charge in [-0.2, -0.15) is 0 Å². The third-order valence-electron chi connectivity index (χ3n) is 3.81. The predicted molar refractivity (Wildman–Crippen MR) is 77.3 cm³/mol. The van der Waals surface area contributed by atoms with E-state index in [0.717, 1.165) is 44.1 Å². The molecule has 0 amide bonds. The standard InChI is InChI=1S/C14H20N6/c1-2-12(15)8-11-4-3-5-16-14(11)19-6-7-20-10-17-18-13(20)9-19/h3-5,10,12H,2,6-9,15H2,1H3. The van der Waals surface area contributed by atoms with Gasteiger partial charge in [-0.3, -0.25) is 0 Å². The van der Waals surface area contributed by atoms with Gasteiger partial charge in [0, 0.05) is 25.3 Å². The van der Waals surface area contributed by atoms with Crippen LogP contribution in [0.2, 0.25) is 0 Å². The quantitative estimate of drug-likeness (QED) is 0.898. The smallest absolute Gasteiger partial charge is 0.152 e. The van der Waals surface area contributed by atoms with Crippen LogP contribution in [-0.2, 0) is 19.5 Å². The van der Waals surface area contributed by atoms with Gasteiger partial charge in [0.15, 0.2) is 5.82 Å². The Balaban J connectivity index is 1.84. The minimum absolute atomic E-state index is 0.186. The van der Waals surface area contributed by atoms with Crippen LogP contribution in [0.15, 0.2) is 24.7 Å². The van der Waals surface area contributed by atoms with E-state index in [0.29, 0.717) is 0 Å². The van der Waals surface area contributed by atoms with E-state index >= 15 is 0 Å². The second kappa shape index (κ2) is 5.58. The number of pyridine rings is 1. The van der Waals surface area contributed by atoms with Crippen molar-refractivity contribution in [3.63, 3.8) is 0 Å². The van der Waals surface area contributed by atoms with Crippen molar-refractivity contribution in [1.29, 1.82) is 0 Å². The van der Waals surface area contributed by atoms with Crippen molar-refractivity contribution in [1.82, 2.24) is 19.7 Å². The second-order valence-corrected chi connectivity index (χ2v) is 5.22. The molecule has 2 aromatic heterocycles. The van der Waals surface area contributed by atoms with Crippen LogP contribution in [0.4, 0.5) is 5.82 Å². The summed E-state index contributed by atoms with van der Waals surface area (Å²) >= 11 is 0. The van der Waals surface area contributed by atoms with E-state index in [4.69, 9.17) is 5.73 Å². The molecule has 3 rings (SSSR count). The zero-order chi connectivity index (χ0) is 13.9. The van der Waals surface area contributed by atoms with Gasteiger partial charge in [0.1, 0.15) is 12.1 Å². The fourth-order valence-electron chi connectivity index (χ4n) is 2.55. The highest BCUT2D eigenvalue weighted by molar-refractivity contribution is 5.47. The fraction of sp³-hybridized carbons (Fsp3) is 0.500. The topological polar surface area (TPSA) is 72.9 Å². The molecule has 1 aliphatic rings. The lowest BCUT2D eigenvalue weighted by Gasteiger charge is -2.29. The average molecular weight is 272 g/mol. The molecule has 1 atom stereocenters. The first kappa shape index (κ1) is 13.1. The van der Waals surface area contributed by atoms with Gasteiger partial charge in [0.2, 0.25) is 0 Å². The molecule has 0 spiro atoms. The lowest BCUT2D eigenvalue weighted by atomic mass is 10.0. The van der Waals surface area contributed by atoms with Crippen LogP contribution >= 0.6 is 0 Å². The van der Waals surface area contributed by atoms with Gasteiger partial charge in [-0.15, -0.1) is 10.2 Å². The first-order valence-electron chi connectivity index (χ1n) is 7.09. The van der Waals surface area contributed by atoms with Crippen LogP contribution in [0.25, 0.3) is 0 Å². The zero-order valence-corrected chi connectivity index (χ0v) is 11.7. The molecule has 6 nitrogen and oxygen atoms in total. The van der Waals surface area contributed by atoms with E-state index < -0.39 is 0 Å². The summed E-state index contributed by atoms with van der Waals surface area (Å²) in [4.78, 5) is 6.83. The number of hydrogen-bond acceptors (Lipinski definition) is 5. The molecule has 20 heavy (non-hydrogen) atoms. The van der Waals surface area contributed by atoms with Crippen LogP contribution < -0.4 is 10.6 Å². The summed E-state index contributed by atoms with van der Waals surface area (Å²) in [5.74, 6) is 2.03. The van der Waals surface area contributed by atoms with Gasteiger partial charge in [0.05, 0.1) is 6.54 Å². The summed E-state index contributed by atoms with van der Waals surface area (Å²) in [6.45, 7) is 4.70. The Bertz CT molecular complexity index is 579. The van der Waals surface area contributed by atoms with Crippen molar-refractivity contribution < 1.29 is 0 Å². The summed E-state index contributed by atoms with van der Waals surface area (Å²) in [5.41, 5.74) is 7.31. The van der Waals surface area contributed by atoms with Gasteiger partial charge < -0.3 is 15.2 Å². The van der Waals surface area contributed by atoms with Crippen molar-refractivity contribution in [2.24, 2.45) is 5.73 Å². The van der Waals surface area contributed by atoms with E-state index in [1.54, 1.807) is 6.33 Å². The second-order valence-electron chi connectivity index (χ2n) is 5.22. The Labute approximate surface area is 118 Å². The highest BCUT2D eigenvalue weighted by atomic mass is 15.3. The highest BCUT2D eigenvalue weighted by Gasteiger charge is 2.21. The molecule has 0 fully saturated rings. The van der Waals surface area contributed by atoms with Crippen LogP contribution in [0.1, 0.15) is 24.7 Å². The van der Waals surface area contributed by atoms with E-state index in [2.05, 4.69) is 37.6 Å². The Hall–Kier alpha value is -1.95. The molecule has 0 saturated heterocycles. The third kappa shape index (κ3) is 2.51. The molecule has 106 valence electrons. The van der Waals surface area contributed by atoms with Gasteiger partial charge >= 0.3 is 0 Å². The van der Waals surface area contributed by atoms with Crippen molar-refractivity contribution in [2.75, 3.05) is 11.4 Å². The minimum atomic E-state index is 0.186. The first-order valence-corrected chi connectivity index (χ1v) is 7.09. The van der Waals surface area contributed by atoms with Gasteiger partial charge in [-0.1, -0.05) is 13.0 Å². The van der Waals surface area contributed by atoms with Gasteiger partial charge in [-0.25, -0.2) is 4.98 Å². The summed E-state index contributed by atoms with van der Waals surface area (Å²) in [7, 11) is 0. The molecule has 0 saturated carbocycles. The maximum absolute atomic E-state index is 6.09. The highest BCUT2D eigenvalue weighted by Crippen LogP contribution is 2.22. The largest absolute Gasteiger partial charge is 0.347 e. The van der Waals surface area contributed by atoms with Gasteiger partial charge in [0.25, 0.3) is 0 Å². The van der Waals surface area contributed by atoms with Crippen LogP contribution in [0.5, 0.6) is 0 Å². The Morgan fingerprint density at radius 3 is 3.15 bits per heavy atom. The SMILES string of the molecule is CCC(N)Cc1cccnc1N1CCn2cnnc2C1. The number of nitrogens with two attached hydrogens (primary N) is 1. The number of fused-ring (bicyclic) bond motifs is 1. The molecule has 1 unspecified atom stereocenters. The minimum Gasteiger partial charge on any atom is -0.347 e. The zero-order valence-electron chi connectivity index (χ0n) is 11.7. The molecule has 2 aromatic rings. The lowest BCUT2D eigenvalue weighted by Crippen LogP contribution is -2.35. The molecular formula is C14H20N6. The van der Waals surface area contributed by atoms with Crippen molar-refractivity contribution >= 4 is 5.82 Å². The lowest BCUT2D eigenvalue weighted by molar-refractivity contribution is 0.552. The monoisotopic (exact) mass is 272 g/mol. The number of rotatable bonds is 4. The fourth-order valence-corrected chi connectivity index (χ4v) is 2.55. The molecule has 0 bridgehead atoms. The van der Waals surface area contributed by atoms with Crippen LogP contribution in [-0.4, -0.2) is 32.3 Å². The average Bonchev–Trinajstić information content (AvgIpc) is 2.95. The van der Waals surface area contributed by atoms with Gasteiger partial charge in [-0.05, 0) is 24.5 Å². The molecule has 0 radical (unpaired) electrons. The van der Waals surface area contributed by atoms with Crippen molar-refractivity contribution in [3.05, 3.63) is 36.0 Å². The van der Waals surface area contributed by atoms with E-state index in [1.807, 2.05) is 12.3 Å². The summed E-state index contributed by atoms with van der Waals surface area (Å²) in [6, 6.07) is 4.29. The number of anilines is 1. The Morgan fingerprint density at radius 1 is 1.40 bits per heavy atom. The number of hydrogen-bond donors (Lipinski definition) is 1. The molecular weight excluding hydrogens is 252 g/mol. The summed E-state index contributed by atoms with van der Waals surface area (Å²) < 4.78 is 2.09. The molecule has 2 N–H and O–H groups in total. The van der Waals surface area contributed by atoms with E-state index in [-0.39, 0.29) is 6.04 Å². The molecule has 1 aliphatic heterocycles. The van der Waals surface area contributed by atoms with E-state index in [1.165, 1.54) is 5.56 Å². The number of aromatic nitrogens is 4. The summed E-state index contributed by atoms with van der Waals surface area (Å²) in [6.07, 6.45) is 5.47. The molecule has 0 aliphatic carbocycles. The third-order valence-corrected chi connectivity index (χ3v) is 3.81. The van der Waals surface area contributed by atoms with Crippen molar-refractivity contribution in [3.8, 4) is 0 Å². The molecule has 0 aromatic carbocycles. The normalized spacial score (nSPS) is 16.0. The van der Waals surface area contributed by atoms with Crippen LogP contribution in [0.3, 0.4) is 0 Å². The van der Waals surface area contributed by atoms with E-state index in [9.17, 15) is 0 Å². The predicted octanol–water partition coefficient (Wildman–Crippen LogP) is 0.973.